The zero-order chi connectivity index (χ0) is 23.8. The van der Waals surface area contributed by atoms with E-state index in [2.05, 4.69) is 40.7 Å². The molecule has 186 valence electrons. The summed E-state index contributed by atoms with van der Waals surface area (Å²) >= 11 is 5.83. The monoisotopic (exact) mass is 474 g/mol. The van der Waals surface area contributed by atoms with E-state index in [1.807, 2.05) is 0 Å². The molecule has 0 bridgehead atoms. The average Bonchev–Trinajstić information content (AvgIpc) is 3.14. The van der Waals surface area contributed by atoms with Crippen LogP contribution in [0.2, 0.25) is 0 Å². The molecule has 2 nitrogen and oxygen atoms in total. The average molecular weight is 475 g/mol. The fourth-order valence-corrected chi connectivity index (χ4v) is 9.08. The number of ether oxygens (including phenoxy) is 1. The van der Waals surface area contributed by atoms with Gasteiger partial charge in [-0.15, -0.1) is 0 Å². The molecule has 0 N–H and O–H groups in total. The van der Waals surface area contributed by atoms with E-state index in [9.17, 15) is 4.79 Å². The molecule has 0 spiro atoms. The van der Waals surface area contributed by atoms with E-state index in [1.165, 1.54) is 57.8 Å². The predicted molar refractivity (Wildman–Crippen MR) is 138 cm³/mol. The summed E-state index contributed by atoms with van der Waals surface area (Å²) in [5, 5.41) is 0.154. The van der Waals surface area contributed by atoms with E-state index >= 15 is 0 Å². The largest absolute Gasteiger partial charge is 0.372 e. The second-order valence-electron chi connectivity index (χ2n) is 13.0. The Morgan fingerprint density at radius 2 is 1.91 bits per heavy atom. The van der Waals surface area contributed by atoms with Gasteiger partial charge >= 0.3 is 0 Å². The summed E-state index contributed by atoms with van der Waals surface area (Å²) in [5.41, 5.74) is 2.53. The van der Waals surface area contributed by atoms with Crippen molar-refractivity contribution in [2.75, 3.05) is 6.61 Å². The van der Waals surface area contributed by atoms with Crippen molar-refractivity contribution in [3.05, 3.63) is 16.7 Å². The van der Waals surface area contributed by atoms with Crippen molar-refractivity contribution in [2.24, 2.45) is 46.3 Å². The van der Waals surface area contributed by atoms with Gasteiger partial charge in [-0.25, -0.2) is 4.79 Å². The van der Waals surface area contributed by atoms with Gasteiger partial charge in [-0.3, -0.25) is 0 Å². The highest BCUT2D eigenvalue weighted by Gasteiger charge is 2.59. The Kier molecular flexibility index (Phi) is 7.89. The fourth-order valence-electron chi connectivity index (χ4n) is 9.01. The van der Waals surface area contributed by atoms with Gasteiger partial charge in [-0.2, -0.15) is 0 Å². The molecule has 8 atom stereocenters. The van der Waals surface area contributed by atoms with Crippen molar-refractivity contribution in [1.29, 1.82) is 0 Å². The zero-order valence-electron chi connectivity index (χ0n) is 21.8. The lowest BCUT2D eigenvalue weighted by molar-refractivity contribution is -0.0622. The Hall–Kier alpha value is -0.560. The van der Waals surface area contributed by atoms with Crippen LogP contribution >= 0.6 is 11.6 Å². The Morgan fingerprint density at radius 3 is 2.64 bits per heavy atom. The zero-order valence-corrected chi connectivity index (χ0v) is 22.6. The summed E-state index contributed by atoms with van der Waals surface area (Å²) in [6.07, 6.45) is 17.4. The van der Waals surface area contributed by atoms with Crippen molar-refractivity contribution in [3.63, 3.8) is 0 Å². The van der Waals surface area contributed by atoms with Crippen LogP contribution in [0, 0.1) is 46.3 Å². The van der Waals surface area contributed by atoms with Gasteiger partial charge in [-0.1, -0.05) is 77.1 Å². The van der Waals surface area contributed by atoms with Gasteiger partial charge in [-0.05, 0) is 97.7 Å². The molecule has 0 aromatic heterocycles. The van der Waals surface area contributed by atoms with Crippen LogP contribution in [-0.2, 0) is 9.53 Å². The molecule has 0 radical (unpaired) electrons. The van der Waals surface area contributed by atoms with E-state index in [0.29, 0.717) is 10.8 Å². The summed E-state index contributed by atoms with van der Waals surface area (Å²) in [7, 11) is 0. The molecule has 3 fully saturated rings. The Labute approximate surface area is 207 Å². The molecule has 33 heavy (non-hydrogen) atoms. The first kappa shape index (κ1) is 25.5. The summed E-state index contributed by atoms with van der Waals surface area (Å²) < 4.78 is 5.97. The van der Waals surface area contributed by atoms with Gasteiger partial charge < -0.3 is 4.74 Å². The maximum Gasteiger partial charge on any atom is 0.142 e. The minimum atomic E-state index is 0.154. The molecule has 3 saturated carbocycles. The van der Waals surface area contributed by atoms with Crippen molar-refractivity contribution >= 4 is 17.5 Å². The Morgan fingerprint density at radius 1 is 1.12 bits per heavy atom. The molecular weight excluding hydrogens is 428 g/mol. The predicted octanol–water partition coefficient (Wildman–Crippen LogP) is 8.37. The number of halogens is 1. The third-order valence-electron chi connectivity index (χ3n) is 10.8. The van der Waals surface area contributed by atoms with Crippen molar-refractivity contribution in [2.45, 2.75) is 111 Å². The van der Waals surface area contributed by atoms with Gasteiger partial charge in [0.25, 0.3) is 0 Å². The molecule has 0 saturated heterocycles. The number of allylic oxidation sites excluding steroid dienone is 1. The number of rotatable bonds is 8. The number of hydrogen-bond acceptors (Lipinski definition) is 2. The molecule has 0 heterocycles. The summed E-state index contributed by atoms with van der Waals surface area (Å²) in [6.45, 7) is 12.7. The van der Waals surface area contributed by atoms with Crippen LogP contribution in [0.25, 0.3) is 0 Å². The molecule has 0 aromatic rings. The maximum atomic E-state index is 10.7. The second-order valence-corrected chi connectivity index (χ2v) is 13.4. The maximum absolute atomic E-state index is 10.7. The van der Waals surface area contributed by atoms with E-state index < -0.39 is 0 Å². The van der Waals surface area contributed by atoms with E-state index in [0.717, 1.165) is 48.3 Å². The van der Waals surface area contributed by atoms with Crippen molar-refractivity contribution in [1.82, 2.24) is 0 Å². The molecule has 4 aliphatic rings. The highest BCUT2D eigenvalue weighted by molar-refractivity contribution is 6.33. The Balaban J connectivity index is 1.43. The van der Waals surface area contributed by atoms with Crippen LogP contribution in [-0.4, -0.2) is 18.7 Å². The van der Waals surface area contributed by atoms with E-state index in [4.69, 9.17) is 16.3 Å². The third-order valence-corrected chi connectivity index (χ3v) is 11.0. The molecule has 0 amide bonds. The van der Waals surface area contributed by atoms with Crippen LogP contribution < -0.4 is 0 Å². The van der Waals surface area contributed by atoms with Crippen LogP contribution in [0.3, 0.4) is 0 Å². The minimum Gasteiger partial charge on any atom is -0.372 e. The number of fused-ring (bicyclic) bond motifs is 5. The first-order valence-corrected chi connectivity index (χ1v) is 14.3. The summed E-state index contributed by atoms with van der Waals surface area (Å²) in [6, 6.07) is 0. The fraction of sp³-hybridized carbons (Fsp3) is 0.867. The smallest absolute Gasteiger partial charge is 0.142 e. The SMILES string of the molecule is CC(C)CCC[C@@H](C)[C@H]1CC[C@H]2[C@@H]3CC=C4C[C@@H](OCC(Cl)=C=O)CC[C@]4(C)[C@H]3CC[C@]12C. The third kappa shape index (κ3) is 4.92. The van der Waals surface area contributed by atoms with Gasteiger partial charge in [0, 0.05) is 0 Å². The van der Waals surface area contributed by atoms with E-state index in [-0.39, 0.29) is 17.7 Å². The molecule has 3 heteroatoms. The van der Waals surface area contributed by atoms with Crippen LogP contribution in [0.5, 0.6) is 0 Å². The van der Waals surface area contributed by atoms with Gasteiger partial charge in [0.15, 0.2) is 0 Å². The summed E-state index contributed by atoms with van der Waals surface area (Å²) in [5.74, 6) is 7.01. The first-order valence-electron chi connectivity index (χ1n) is 13.9. The highest BCUT2D eigenvalue weighted by Crippen LogP contribution is 2.67. The van der Waals surface area contributed by atoms with Gasteiger partial charge in [0.2, 0.25) is 0 Å². The Bertz CT molecular complexity index is 780. The molecule has 4 aliphatic carbocycles. The molecule has 0 aliphatic heterocycles. The molecule has 4 rings (SSSR count). The van der Waals surface area contributed by atoms with Crippen molar-refractivity contribution < 1.29 is 9.53 Å². The number of carbonyl (C=O) groups excluding carboxylic acids is 1. The minimum absolute atomic E-state index is 0.154. The topological polar surface area (TPSA) is 26.3 Å². The van der Waals surface area contributed by atoms with Gasteiger partial charge in [0.1, 0.15) is 11.0 Å². The molecular formula is C30H47ClO2. The molecule has 0 aromatic carbocycles. The van der Waals surface area contributed by atoms with Crippen LogP contribution in [0.1, 0.15) is 105 Å². The lowest BCUT2D eigenvalue weighted by Crippen LogP contribution is -2.51. The standard InChI is InChI=1S/C30H47ClO2/c1-20(2)7-6-8-21(3)26-11-12-27-25-10-9-22-17-24(33-19-23(31)18-32)13-15-29(22,4)28(25)14-16-30(26,27)5/h9,20-21,24-28H,6-8,10-17,19H2,1-5H3/t21-,24+,25+,26-,27+,28+,29+,30-/m1/s1. The molecule has 0 unspecified atom stereocenters. The van der Waals surface area contributed by atoms with Crippen molar-refractivity contribution in [3.8, 4) is 0 Å². The van der Waals surface area contributed by atoms with Crippen LogP contribution in [0.15, 0.2) is 16.7 Å². The highest BCUT2D eigenvalue weighted by atomic mass is 35.5. The van der Waals surface area contributed by atoms with Gasteiger partial charge in [0.05, 0.1) is 12.7 Å². The normalized spacial score (nSPS) is 40.9. The quantitative estimate of drug-likeness (QED) is 0.261. The summed E-state index contributed by atoms with van der Waals surface area (Å²) in [4.78, 5) is 10.7. The second kappa shape index (κ2) is 10.2. The lowest BCUT2D eigenvalue weighted by Gasteiger charge is -2.58. The van der Waals surface area contributed by atoms with E-state index in [1.54, 1.807) is 11.5 Å². The van der Waals surface area contributed by atoms with Crippen LogP contribution in [0.4, 0.5) is 0 Å². The first-order chi connectivity index (χ1) is 15.7. The number of hydrogen-bond donors (Lipinski definition) is 0. The lowest BCUT2D eigenvalue weighted by atomic mass is 9.47.